The third kappa shape index (κ3) is 10.6. The first-order valence-electron chi connectivity index (χ1n) is 20.4. The zero-order valence-corrected chi connectivity index (χ0v) is 37.4. The minimum absolute atomic E-state index is 0. The van der Waals surface area contributed by atoms with Crippen LogP contribution in [-0.4, -0.2) is 160 Å². The molecular weight excluding hydrogens is 993 g/mol. The Morgan fingerprint density at radius 2 is 1.01 bits per heavy atom. The van der Waals surface area contributed by atoms with Crippen LogP contribution in [0.1, 0.15) is 36.6 Å². The molecule has 0 radical (unpaired) electrons. The molecule has 0 bridgehead atoms. The lowest BCUT2D eigenvalue weighted by molar-refractivity contribution is -0.191. The Bertz CT molecular complexity index is 2710. The largest absolute Gasteiger partial charge is 0.508 e. The maximum Gasteiger partial charge on any atom is 0.348 e. The van der Waals surface area contributed by atoms with Gasteiger partial charge in [-0.1, -0.05) is 49.4 Å². The van der Waals surface area contributed by atoms with Crippen molar-refractivity contribution in [2.24, 2.45) is 0 Å². The quantitative estimate of drug-likeness (QED) is 0.0496. The van der Waals surface area contributed by atoms with E-state index in [1.807, 2.05) is 6.92 Å². The van der Waals surface area contributed by atoms with Crippen molar-refractivity contribution in [2.75, 3.05) is 24.7 Å². The number of anilines is 2. The van der Waals surface area contributed by atoms with Crippen LogP contribution < -0.4 is 11.5 Å². The predicted octanol–water partition coefficient (Wildman–Crippen LogP) is 2.30. The molecule has 2 aliphatic rings. The number of benzene rings is 2. The number of aromatic hydroxyl groups is 1. The fourth-order valence-electron chi connectivity index (χ4n) is 7.50. The second-order valence-corrected chi connectivity index (χ2v) is 16.6. The van der Waals surface area contributed by atoms with Gasteiger partial charge in [0, 0.05) is 12.8 Å². The number of aromatic nitrogens is 8. The molecule has 0 amide bonds. The number of hydrogen-bond acceptors (Lipinski definition) is 19. The second kappa shape index (κ2) is 21.2. The number of carboxylic acids is 4. The number of aryl methyl sites for hydroxylation is 1. The van der Waals surface area contributed by atoms with Crippen LogP contribution in [0.15, 0.2) is 61.2 Å². The average molecular weight is 1040 g/mol. The number of fused-ring (bicyclic) bond motifs is 2. The molecule has 0 spiro atoms. The fourth-order valence-corrected chi connectivity index (χ4v) is 7.84. The molecule has 2 saturated heterocycles. The van der Waals surface area contributed by atoms with Gasteiger partial charge in [-0.25, -0.2) is 37.9 Å². The Hall–Kier alpha value is -6.98. The number of aliphatic hydroxyl groups is 2. The molecule has 8 atom stereocenters. The number of hydrogen-bond donors (Lipinski definition) is 9. The number of carboxylic acid groups (broad SMARTS) is 4. The molecule has 25 nitrogen and oxygen atoms in total. The molecule has 380 valence electrons. The Balaban J connectivity index is 0.000000229. The molecule has 0 saturated carbocycles. The van der Waals surface area contributed by atoms with Crippen LogP contribution in [0.5, 0.6) is 5.75 Å². The molecule has 4 aromatic heterocycles. The number of halogens is 4. The minimum atomic E-state index is -2.78. The van der Waals surface area contributed by atoms with Crippen molar-refractivity contribution >= 4 is 81.0 Å². The number of alkyl halides is 2. The average Bonchev–Trinajstić information content (AvgIpc) is 4.06. The van der Waals surface area contributed by atoms with Gasteiger partial charge in [-0.05, 0) is 53.4 Å². The van der Waals surface area contributed by atoms with Crippen LogP contribution in [-0.2, 0) is 51.0 Å². The summed E-state index contributed by atoms with van der Waals surface area (Å²) in [5.41, 5.74) is 7.88. The number of ether oxygens (including phenoxy) is 4. The SMILES string of the molecule is C.Cc1ccc(CC(OC[C@H]2O[C@@H](n3cnc4c(N)nc(Cl)nc43)[C@@H](F)[C@@H]2O)(C(=O)O)C(=O)O)cc1.Nc1nc(Cl)nc2c1ncn2[C@@H]1O[C@H](COC(Cc2ccc(O)cc2)(C(=O)O)C(=O)O)[C@@H](O)[C@@H]1F. The molecule has 0 unspecified atom stereocenters. The van der Waals surface area contributed by atoms with E-state index in [0.717, 1.165) is 21.0 Å². The van der Waals surface area contributed by atoms with Gasteiger partial charge >= 0.3 is 23.9 Å². The van der Waals surface area contributed by atoms with Crippen molar-refractivity contribution in [3.63, 3.8) is 0 Å². The first-order valence-corrected chi connectivity index (χ1v) is 21.1. The van der Waals surface area contributed by atoms with Crippen LogP contribution >= 0.6 is 23.2 Å². The molecule has 6 heterocycles. The van der Waals surface area contributed by atoms with Crippen molar-refractivity contribution in [2.45, 2.75) is 87.6 Å². The summed E-state index contributed by atoms with van der Waals surface area (Å²) in [6, 6.07) is 11.7. The molecular formula is C42H44Cl2F2N10O15. The Morgan fingerprint density at radius 1 is 0.662 bits per heavy atom. The number of nitrogens with two attached hydrogens (primary N) is 2. The highest BCUT2D eigenvalue weighted by Crippen LogP contribution is 2.37. The maximum absolute atomic E-state index is 15.0. The lowest BCUT2D eigenvalue weighted by atomic mass is 9.93. The number of phenolic OH excluding ortho intramolecular Hbond substituents is 1. The number of imidazole rings is 2. The second-order valence-electron chi connectivity index (χ2n) is 15.9. The van der Waals surface area contributed by atoms with Crippen molar-refractivity contribution in [1.29, 1.82) is 0 Å². The van der Waals surface area contributed by atoms with Gasteiger partial charge < -0.3 is 66.2 Å². The fraction of sp³-hybridized carbons (Fsp3) is 0.381. The first kappa shape index (κ1) is 53.4. The molecule has 6 aromatic rings. The first-order chi connectivity index (χ1) is 33.1. The third-order valence-electron chi connectivity index (χ3n) is 11.3. The van der Waals surface area contributed by atoms with Gasteiger partial charge in [-0.3, -0.25) is 9.13 Å². The summed E-state index contributed by atoms with van der Waals surface area (Å²) in [7, 11) is 0. The lowest BCUT2D eigenvalue weighted by Gasteiger charge is -2.27. The number of aliphatic hydroxyl groups excluding tert-OH is 2. The van der Waals surface area contributed by atoms with Gasteiger partial charge in [-0.2, -0.15) is 19.9 Å². The number of aliphatic carboxylic acids is 4. The van der Waals surface area contributed by atoms with Crippen LogP contribution in [0, 0.1) is 6.92 Å². The van der Waals surface area contributed by atoms with Gasteiger partial charge in [0.2, 0.25) is 10.6 Å². The highest BCUT2D eigenvalue weighted by molar-refractivity contribution is 6.29. The van der Waals surface area contributed by atoms with Gasteiger partial charge in [-0.15, -0.1) is 0 Å². The van der Waals surface area contributed by atoms with E-state index in [-0.39, 0.29) is 63.3 Å². The maximum atomic E-state index is 15.0. The van der Waals surface area contributed by atoms with Crippen molar-refractivity contribution in [1.82, 2.24) is 39.0 Å². The number of nitrogens with zero attached hydrogens (tertiary/aromatic N) is 8. The van der Waals surface area contributed by atoms with Crippen molar-refractivity contribution in [3.05, 3.63) is 88.4 Å². The van der Waals surface area contributed by atoms with E-state index in [1.54, 1.807) is 24.3 Å². The summed E-state index contributed by atoms with van der Waals surface area (Å²) in [5.74, 6) is -7.36. The van der Waals surface area contributed by atoms with Gasteiger partial charge in [0.25, 0.3) is 11.2 Å². The smallest absolute Gasteiger partial charge is 0.348 e. The molecule has 29 heteroatoms. The minimum Gasteiger partial charge on any atom is -0.508 e. The normalized spacial score (nSPS) is 22.2. The Morgan fingerprint density at radius 3 is 1.37 bits per heavy atom. The topological polar surface area (TPSA) is 386 Å². The van der Waals surface area contributed by atoms with Crippen LogP contribution in [0.3, 0.4) is 0 Å². The van der Waals surface area contributed by atoms with Gasteiger partial charge in [0.1, 0.15) is 41.2 Å². The summed E-state index contributed by atoms with van der Waals surface area (Å²) >= 11 is 11.6. The van der Waals surface area contributed by atoms with Crippen molar-refractivity contribution < 1.29 is 82.7 Å². The standard InChI is InChI=1S/C21H21ClFN5O7.C20H19ClFN5O8.CH4/c1-9-2-4-10(5-3-9)6-21(18(30)31,19(32)33)34-7-11-14(29)12(23)17(35-11)28-8-25-13-15(24)26-20(22)27-16(13)28;21-19-25-14(23)12-15(26-19)27(7-24-12)16-11(22)13(29)10(35-16)6-34-20(17(30)31,18(32)33)5-8-1-3-9(28)4-2-8;/h2-5,8,11-12,14,17,29H,6-7H2,1H3,(H,30,31)(H,32,33)(H2,24,26,27);1-4,7,10-11,13,16,28-29H,5-6H2,(H,30,31)(H,32,33)(H2,23,25,26);1H4/t11-,12+,14-,17-;10-,11+,13-,16-;/m11./s1. The predicted molar refractivity (Wildman–Crippen MR) is 240 cm³/mol. The summed E-state index contributed by atoms with van der Waals surface area (Å²) in [6.45, 7) is 0.314. The molecule has 11 N–H and O–H groups in total. The third-order valence-corrected chi connectivity index (χ3v) is 11.6. The Labute approximate surface area is 408 Å². The highest BCUT2D eigenvalue weighted by atomic mass is 35.5. The van der Waals surface area contributed by atoms with E-state index in [9.17, 15) is 54.9 Å². The van der Waals surface area contributed by atoms with Crippen LogP contribution in [0.4, 0.5) is 20.4 Å². The summed E-state index contributed by atoms with van der Waals surface area (Å²) in [6.07, 6.45) is -12.2. The number of carbonyl (C=O) groups is 4. The molecule has 8 rings (SSSR count). The van der Waals surface area contributed by atoms with Gasteiger partial charge in [0.15, 0.2) is 47.7 Å². The van der Waals surface area contributed by atoms with E-state index in [1.165, 1.54) is 30.6 Å². The van der Waals surface area contributed by atoms with Crippen molar-refractivity contribution in [3.8, 4) is 5.75 Å². The highest BCUT2D eigenvalue weighted by Gasteiger charge is 2.53. The molecule has 2 aromatic carbocycles. The van der Waals surface area contributed by atoms with E-state index < -0.39 is 110 Å². The molecule has 0 aliphatic carbocycles. The monoisotopic (exact) mass is 1040 g/mol. The van der Waals surface area contributed by atoms with E-state index in [2.05, 4.69) is 29.9 Å². The number of phenols is 1. The van der Waals surface area contributed by atoms with Crippen LogP contribution in [0.25, 0.3) is 22.3 Å². The lowest BCUT2D eigenvalue weighted by Crippen LogP contribution is -2.52. The van der Waals surface area contributed by atoms with Crippen LogP contribution in [0.2, 0.25) is 10.6 Å². The number of nitrogen functional groups attached to an aromatic ring is 2. The molecule has 2 fully saturated rings. The Kier molecular flexibility index (Phi) is 15.9. The summed E-state index contributed by atoms with van der Waals surface area (Å²) < 4.78 is 54.1. The van der Waals surface area contributed by atoms with E-state index in [0.29, 0.717) is 5.56 Å². The zero-order chi connectivity index (χ0) is 51.0. The summed E-state index contributed by atoms with van der Waals surface area (Å²) in [5, 5.41) is 68.6. The summed E-state index contributed by atoms with van der Waals surface area (Å²) in [4.78, 5) is 71.4. The molecule has 2 aliphatic heterocycles. The molecule has 71 heavy (non-hydrogen) atoms. The van der Waals surface area contributed by atoms with E-state index in [4.69, 9.17) is 53.6 Å². The van der Waals surface area contributed by atoms with E-state index >= 15 is 8.78 Å². The zero-order valence-electron chi connectivity index (χ0n) is 35.9. The van der Waals surface area contributed by atoms with Gasteiger partial charge in [0.05, 0.1) is 25.9 Å². The number of rotatable bonds is 16.